The summed E-state index contributed by atoms with van der Waals surface area (Å²) in [6, 6.07) is 0.747. The predicted molar refractivity (Wildman–Crippen MR) is 64.8 cm³/mol. The fraction of sp³-hybridized carbons (Fsp3) is 1.00. The molecule has 0 aliphatic carbocycles. The van der Waals surface area contributed by atoms with Gasteiger partial charge in [-0.25, -0.2) is 0 Å². The third-order valence-electron chi connectivity index (χ3n) is 2.61. The van der Waals surface area contributed by atoms with Gasteiger partial charge in [-0.1, -0.05) is 26.7 Å². The highest BCUT2D eigenvalue weighted by Crippen LogP contribution is 2.03. The molecule has 1 N–H and O–H groups in total. The molecule has 0 unspecified atom stereocenters. The lowest BCUT2D eigenvalue weighted by Crippen LogP contribution is -2.30. The Morgan fingerprint density at radius 2 is 1.86 bits per heavy atom. The molecule has 0 radical (unpaired) electrons. The smallest absolute Gasteiger partial charge is 0.00644 e. The molecule has 0 aromatic heterocycles. The SMILES string of the molecule is CCCC[C@H](CC)NCCCN(C)C. The maximum Gasteiger partial charge on any atom is 0.00644 e. The highest BCUT2D eigenvalue weighted by Gasteiger charge is 2.03. The molecular weight excluding hydrogens is 172 g/mol. The van der Waals surface area contributed by atoms with Crippen molar-refractivity contribution in [1.82, 2.24) is 10.2 Å². The minimum Gasteiger partial charge on any atom is -0.314 e. The predicted octanol–water partition coefficient (Wildman–Crippen LogP) is 2.50. The van der Waals surface area contributed by atoms with E-state index in [1.54, 1.807) is 0 Å². The summed E-state index contributed by atoms with van der Waals surface area (Å²) in [7, 11) is 4.27. The maximum absolute atomic E-state index is 3.63. The zero-order chi connectivity index (χ0) is 10.8. The number of rotatable bonds is 9. The van der Waals surface area contributed by atoms with Crippen molar-refractivity contribution < 1.29 is 0 Å². The quantitative estimate of drug-likeness (QED) is 0.575. The first-order valence-electron chi connectivity index (χ1n) is 6.08. The monoisotopic (exact) mass is 200 g/mol. The molecule has 0 saturated heterocycles. The van der Waals surface area contributed by atoms with Crippen molar-refractivity contribution in [2.75, 3.05) is 27.2 Å². The number of nitrogens with zero attached hydrogens (tertiary/aromatic N) is 1. The third-order valence-corrected chi connectivity index (χ3v) is 2.61. The maximum atomic E-state index is 3.63. The first kappa shape index (κ1) is 13.9. The van der Waals surface area contributed by atoms with Crippen LogP contribution in [0.5, 0.6) is 0 Å². The fourth-order valence-electron chi connectivity index (χ4n) is 1.60. The van der Waals surface area contributed by atoms with Crippen molar-refractivity contribution in [1.29, 1.82) is 0 Å². The van der Waals surface area contributed by atoms with Gasteiger partial charge in [0.2, 0.25) is 0 Å². The van der Waals surface area contributed by atoms with Crippen LogP contribution in [0.25, 0.3) is 0 Å². The molecule has 0 heterocycles. The minimum absolute atomic E-state index is 0.747. The Hall–Kier alpha value is -0.0800. The minimum atomic E-state index is 0.747. The van der Waals surface area contributed by atoms with E-state index in [1.807, 2.05) is 0 Å². The standard InChI is InChI=1S/C12H28N2/c1-5-7-9-12(6-2)13-10-8-11-14(3)4/h12-13H,5-11H2,1-4H3/t12-/m0/s1. The van der Waals surface area contributed by atoms with Gasteiger partial charge in [0, 0.05) is 6.04 Å². The molecule has 86 valence electrons. The van der Waals surface area contributed by atoms with E-state index in [9.17, 15) is 0 Å². The summed E-state index contributed by atoms with van der Waals surface area (Å²) < 4.78 is 0. The Labute approximate surface area is 90.1 Å². The largest absolute Gasteiger partial charge is 0.314 e. The van der Waals surface area contributed by atoms with Crippen molar-refractivity contribution in [3.8, 4) is 0 Å². The molecule has 0 aromatic carbocycles. The molecule has 0 fully saturated rings. The highest BCUT2D eigenvalue weighted by atomic mass is 15.1. The van der Waals surface area contributed by atoms with Crippen LogP contribution in [0.15, 0.2) is 0 Å². The van der Waals surface area contributed by atoms with Crippen LogP contribution in [0.2, 0.25) is 0 Å². The van der Waals surface area contributed by atoms with Crippen LogP contribution >= 0.6 is 0 Å². The van der Waals surface area contributed by atoms with Gasteiger partial charge in [0.15, 0.2) is 0 Å². The molecule has 0 rings (SSSR count). The molecule has 0 spiro atoms. The van der Waals surface area contributed by atoms with Crippen LogP contribution in [-0.4, -0.2) is 38.1 Å². The van der Waals surface area contributed by atoms with Crippen molar-refractivity contribution in [2.24, 2.45) is 0 Å². The first-order valence-corrected chi connectivity index (χ1v) is 6.08. The van der Waals surface area contributed by atoms with Gasteiger partial charge in [0.25, 0.3) is 0 Å². The summed E-state index contributed by atoms with van der Waals surface area (Å²) in [6.45, 7) is 6.90. The molecular formula is C12H28N2. The van der Waals surface area contributed by atoms with E-state index in [0.717, 1.165) is 6.04 Å². The highest BCUT2D eigenvalue weighted by molar-refractivity contribution is 4.64. The lowest BCUT2D eigenvalue weighted by Gasteiger charge is -2.17. The van der Waals surface area contributed by atoms with Crippen LogP contribution in [0, 0.1) is 0 Å². The van der Waals surface area contributed by atoms with Crippen molar-refractivity contribution in [2.45, 2.75) is 52.0 Å². The lowest BCUT2D eigenvalue weighted by molar-refractivity contribution is 0.377. The van der Waals surface area contributed by atoms with Crippen molar-refractivity contribution >= 4 is 0 Å². The van der Waals surface area contributed by atoms with E-state index in [2.05, 4.69) is 38.2 Å². The summed E-state index contributed by atoms with van der Waals surface area (Å²) in [6.07, 6.45) is 6.54. The van der Waals surface area contributed by atoms with Crippen molar-refractivity contribution in [3.63, 3.8) is 0 Å². The normalized spacial score (nSPS) is 13.5. The molecule has 0 saturated carbocycles. The Morgan fingerprint density at radius 1 is 1.14 bits per heavy atom. The zero-order valence-corrected chi connectivity index (χ0v) is 10.5. The van der Waals surface area contributed by atoms with Gasteiger partial charge in [-0.05, 0) is 46.4 Å². The third kappa shape index (κ3) is 8.52. The summed E-state index contributed by atoms with van der Waals surface area (Å²) in [5.41, 5.74) is 0. The second kappa shape index (κ2) is 9.47. The van der Waals surface area contributed by atoms with E-state index in [-0.39, 0.29) is 0 Å². The second-order valence-corrected chi connectivity index (χ2v) is 4.36. The number of hydrogen-bond donors (Lipinski definition) is 1. The average molecular weight is 200 g/mol. The second-order valence-electron chi connectivity index (χ2n) is 4.36. The Morgan fingerprint density at radius 3 is 2.36 bits per heavy atom. The van der Waals surface area contributed by atoms with Gasteiger partial charge in [-0.3, -0.25) is 0 Å². The van der Waals surface area contributed by atoms with Crippen LogP contribution < -0.4 is 5.32 Å². The Balaban J connectivity index is 3.33. The van der Waals surface area contributed by atoms with E-state index in [1.165, 1.54) is 45.2 Å². The van der Waals surface area contributed by atoms with Crippen LogP contribution in [-0.2, 0) is 0 Å². The molecule has 0 amide bonds. The molecule has 0 aliphatic heterocycles. The van der Waals surface area contributed by atoms with Gasteiger partial charge in [-0.15, -0.1) is 0 Å². The number of unbranched alkanes of at least 4 members (excludes halogenated alkanes) is 1. The van der Waals surface area contributed by atoms with Gasteiger partial charge < -0.3 is 10.2 Å². The van der Waals surface area contributed by atoms with Crippen LogP contribution in [0.4, 0.5) is 0 Å². The molecule has 2 heteroatoms. The van der Waals surface area contributed by atoms with E-state index in [0.29, 0.717) is 0 Å². The van der Waals surface area contributed by atoms with Gasteiger partial charge in [0.05, 0.1) is 0 Å². The average Bonchev–Trinajstić information content (AvgIpc) is 2.16. The number of nitrogens with one attached hydrogen (secondary N) is 1. The molecule has 0 aliphatic rings. The fourth-order valence-corrected chi connectivity index (χ4v) is 1.60. The van der Waals surface area contributed by atoms with Crippen LogP contribution in [0.1, 0.15) is 46.0 Å². The Kier molecular flexibility index (Phi) is 9.42. The molecule has 1 atom stereocenters. The van der Waals surface area contributed by atoms with E-state index >= 15 is 0 Å². The van der Waals surface area contributed by atoms with E-state index < -0.39 is 0 Å². The summed E-state index contributed by atoms with van der Waals surface area (Å²) in [5, 5.41) is 3.63. The molecule has 2 nitrogen and oxygen atoms in total. The van der Waals surface area contributed by atoms with Crippen LogP contribution in [0.3, 0.4) is 0 Å². The molecule has 14 heavy (non-hydrogen) atoms. The Bertz CT molecular complexity index is 113. The molecule has 0 aromatic rings. The van der Waals surface area contributed by atoms with Gasteiger partial charge in [0.1, 0.15) is 0 Å². The summed E-state index contributed by atoms with van der Waals surface area (Å²) in [5.74, 6) is 0. The van der Waals surface area contributed by atoms with Crippen molar-refractivity contribution in [3.05, 3.63) is 0 Å². The summed E-state index contributed by atoms with van der Waals surface area (Å²) >= 11 is 0. The van der Waals surface area contributed by atoms with E-state index in [4.69, 9.17) is 0 Å². The topological polar surface area (TPSA) is 15.3 Å². The lowest BCUT2D eigenvalue weighted by atomic mass is 10.1. The summed E-state index contributed by atoms with van der Waals surface area (Å²) in [4.78, 5) is 2.24. The zero-order valence-electron chi connectivity index (χ0n) is 10.5. The number of hydrogen-bond acceptors (Lipinski definition) is 2. The van der Waals surface area contributed by atoms with Gasteiger partial charge in [-0.2, -0.15) is 0 Å². The molecule has 0 bridgehead atoms. The van der Waals surface area contributed by atoms with Gasteiger partial charge >= 0.3 is 0 Å². The first-order chi connectivity index (χ1) is 6.70.